The summed E-state index contributed by atoms with van der Waals surface area (Å²) in [7, 11) is 0. The monoisotopic (exact) mass is 249 g/mol. The van der Waals surface area contributed by atoms with Crippen molar-refractivity contribution >= 4 is 5.95 Å². The Morgan fingerprint density at radius 2 is 2.06 bits per heavy atom. The number of nitrogens with zero attached hydrogens (tertiary/aromatic N) is 2. The number of nitrogens with one attached hydrogen (secondary N) is 1. The smallest absolute Gasteiger partial charge is 0.203 e. The van der Waals surface area contributed by atoms with Gasteiger partial charge in [-0.05, 0) is 25.7 Å². The van der Waals surface area contributed by atoms with Crippen LogP contribution in [0, 0.1) is 0 Å². The van der Waals surface area contributed by atoms with Crippen molar-refractivity contribution in [1.29, 1.82) is 0 Å². The fraction of sp³-hybridized carbons (Fsp3) is 0.786. The lowest BCUT2D eigenvalue weighted by atomic mass is 9.98. The topological polar surface area (TPSA) is 39.1 Å². The van der Waals surface area contributed by atoms with Gasteiger partial charge in [0.15, 0.2) is 0 Å². The molecule has 1 N–H and O–H groups in total. The van der Waals surface area contributed by atoms with Gasteiger partial charge in [0.05, 0.1) is 12.7 Å². The molecule has 2 aliphatic rings. The van der Waals surface area contributed by atoms with Crippen LogP contribution in [-0.2, 0) is 11.3 Å². The molecule has 100 valence electrons. The summed E-state index contributed by atoms with van der Waals surface area (Å²) >= 11 is 0. The molecule has 0 spiro atoms. The van der Waals surface area contributed by atoms with E-state index >= 15 is 0 Å². The molecule has 0 radical (unpaired) electrons. The SMILES string of the molecule is c1cn(CCOC2CCCCC2)c(NC2CC2)n1. The molecule has 0 atom stereocenters. The lowest BCUT2D eigenvalue weighted by Crippen LogP contribution is -2.19. The Morgan fingerprint density at radius 1 is 1.22 bits per heavy atom. The summed E-state index contributed by atoms with van der Waals surface area (Å²) in [6.07, 6.45) is 13.5. The van der Waals surface area contributed by atoms with Crippen LogP contribution in [0.15, 0.2) is 12.4 Å². The molecule has 0 unspecified atom stereocenters. The van der Waals surface area contributed by atoms with Gasteiger partial charge in [-0.25, -0.2) is 4.98 Å². The zero-order chi connectivity index (χ0) is 12.2. The molecular formula is C14H23N3O. The minimum absolute atomic E-state index is 0.502. The molecule has 1 aromatic rings. The molecule has 0 amide bonds. The maximum atomic E-state index is 5.96. The van der Waals surface area contributed by atoms with Crippen LogP contribution < -0.4 is 5.32 Å². The number of ether oxygens (including phenoxy) is 1. The second kappa shape index (κ2) is 5.74. The maximum absolute atomic E-state index is 5.96. The van der Waals surface area contributed by atoms with Gasteiger partial charge < -0.3 is 14.6 Å². The van der Waals surface area contributed by atoms with Gasteiger partial charge in [-0.3, -0.25) is 0 Å². The second-order valence-corrected chi connectivity index (χ2v) is 5.49. The first-order chi connectivity index (χ1) is 8.92. The van der Waals surface area contributed by atoms with Crippen LogP contribution in [0.3, 0.4) is 0 Å². The quantitative estimate of drug-likeness (QED) is 0.842. The highest BCUT2D eigenvalue weighted by Gasteiger charge is 2.22. The fourth-order valence-corrected chi connectivity index (χ4v) is 2.59. The first kappa shape index (κ1) is 12.0. The van der Waals surface area contributed by atoms with Crippen LogP contribution in [0.4, 0.5) is 5.95 Å². The Balaban J connectivity index is 1.42. The standard InChI is InChI=1S/C14H23N3O/c1-2-4-13(5-3-1)18-11-10-17-9-8-15-14(17)16-12-6-7-12/h8-9,12-13H,1-7,10-11H2,(H,15,16). The van der Waals surface area contributed by atoms with Gasteiger partial charge >= 0.3 is 0 Å². The summed E-state index contributed by atoms with van der Waals surface area (Å²) in [5.41, 5.74) is 0. The Hall–Kier alpha value is -1.03. The van der Waals surface area contributed by atoms with E-state index in [0.717, 1.165) is 19.1 Å². The molecule has 18 heavy (non-hydrogen) atoms. The summed E-state index contributed by atoms with van der Waals surface area (Å²) in [4.78, 5) is 4.36. The van der Waals surface area contributed by atoms with E-state index < -0.39 is 0 Å². The Bertz CT molecular complexity index is 367. The lowest BCUT2D eigenvalue weighted by Gasteiger charge is -2.22. The van der Waals surface area contributed by atoms with Crippen LogP contribution in [0.5, 0.6) is 0 Å². The van der Waals surface area contributed by atoms with E-state index in [1.807, 2.05) is 12.4 Å². The molecule has 0 saturated heterocycles. The zero-order valence-corrected chi connectivity index (χ0v) is 11.0. The summed E-state index contributed by atoms with van der Waals surface area (Å²) in [6.45, 7) is 1.71. The first-order valence-corrected chi connectivity index (χ1v) is 7.31. The van der Waals surface area contributed by atoms with E-state index in [9.17, 15) is 0 Å². The average molecular weight is 249 g/mol. The predicted octanol–water partition coefficient (Wildman–Crippen LogP) is 2.81. The van der Waals surface area contributed by atoms with E-state index in [1.165, 1.54) is 44.9 Å². The van der Waals surface area contributed by atoms with Gasteiger partial charge in [-0.1, -0.05) is 19.3 Å². The third kappa shape index (κ3) is 3.25. The molecule has 0 aromatic carbocycles. The largest absolute Gasteiger partial charge is 0.376 e. The molecule has 2 saturated carbocycles. The van der Waals surface area contributed by atoms with Gasteiger partial charge in [0.1, 0.15) is 0 Å². The molecule has 2 aliphatic carbocycles. The molecule has 1 aromatic heterocycles. The number of imidazole rings is 1. The van der Waals surface area contributed by atoms with Crippen molar-refractivity contribution in [2.24, 2.45) is 0 Å². The Labute approximate surface area is 109 Å². The van der Waals surface area contributed by atoms with Crippen LogP contribution in [0.1, 0.15) is 44.9 Å². The minimum atomic E-state index is 0.502. The van der Waals surface area contributed by atoms with Gasteiger partial charge in [0.2, 0.25) is 5.95 Å². The summed E-state index contributed by atoms with van der Waals surface area (Å²) < 4.78 is 8.12. The number of hydrogen-bond acceptors (Lipinski definition) is 3. The third-order valence-electron chi connectivity index (χ3n) is 3.86. The number of rotatable bonds is 6. The third-order valence-corrected chi connectivity index (χ3v) is 3.86. The molecule has 2 fully saturated rings. The molecule has 4 heteroatoms. The van der Waals surface area contributed by atoms with Crippen molar-refractivity contribution in [2.75, 3.05) is 11.9 Å². The zero-order valence-electron chi connectivity index (χ0n) is 11.0. The molecule has 1 heterocycles. The van der Waals surface area contributed by atoms with Crippen molar-refractivity contribution in [1.82, 2.24) is 9.55 Å². The van der Waals surface area contributed by atoms with Crippen molar-refractivity contribution in [3.05, 3.63) is 12.4 Å². The van der Waals surface area contributed by atoms with Crippen LogP contribution in [-0.4, -0.2) is 28.3 Å². The summed E-state index contributed by atoms with van der Waals surface area (Å²) in [5.74, 6) is 1.00. The number of anilines is 1. The van der Waals surface area contributed by atoms with Crippen molar-refractivity contribution in [3.63, 3.8) is 0 Å². The van der Waals surface area contributed by atoms with Crippen LogP contribution in [0.25, 0.3) is 0 Å². The van der Waals surface area contributed by atoms with Crippen molar-refractivity contribution in [3.8, 4) is 0 Å². The molecule has 4 nitrogen and oxygen atoms in total. The van der Waals surface area contributed by atoms with Crippen LogP contribution >= 0.6 is 0 Å². The highest BCUT2D eigenvalue weighted by molar-refractivity contribution is 5.29. The van der Waals surface area contributed by atoms with E-state index in [0.29, 0.717) is 12.1 Å². The average Bonchev–Trinajstić information content (AvgIpc) is 3.11. The maximum Gasteiger partial charge on any atom is 0.203 e. The van der Waals surface area contributed by atoms with Gasteiger partial charge in [-0.15, -0.1) is 0 Å². The minimum Gasteiger partial charge on any atom is -0.376 e. The number of aromatic nitrogens is 2. The second-order valence-electron chi connectivity index (χ2n) is 5.49. The predicted molar refractivity (Wildman–Crippen MR) is 71.7 cm³/mol. The molecule has 0 aliphatic heterocycles. The Kier molecular flexibility index (Phi) is 3.84. The summed E-state index contributed by atoms with van der Waals surface area (Å²) in [5, 5.41) is 3.45. The van der Waals surface area contributed by atoms with Crippen molar-refractivity contribution in [2.45, 2.75) is 63.6 Å². The fourth-order valence-electron chi connectivity index (χ4n) is 2.59. The molecule has 3 rings (SSSR count). The van der Waals surface area contributed by atoms with Gasteiger partial charge in [0.25, 0.3) is 0 Å². The highest BCUT2D eigenvalue weighted by Crippen LogP contribution is 2.24. The lowest BCUT2D eigenvalue weighted by molar-refractivity contribution is 0.0242. The van der Waals surface area contributed by atoms with Gasteiger partial charge in [0, 0.05) is 25.0 Å². The Morgan fingerprint density at radius 3 is 2.83 bits per heavy atom. The summed E-state index contributed by atoms with van der Waals surface area (Å²) in [6, 6.07) is 0.658. The van der Waals surface area contributed by atoms with E-state index in [2.05, 4.69) is 14.9 Å². The van der Waals surface area contributed by atoms with E-state index in [4.69, 9.17) is 4.74 Å². The number of hydrogen-bond donors (Lipinski definition) is 1. The normalized spacial score (nSPS) is 21.1. The highest BCUT2D eigenvalue weighted by atomic mass is 16.5. The van der Waals surface area contributed by atoms with E-state index in [1.54, 1.807) is 0 Å². The molecular weight excluding hydrogens is 226 g/mol. The van der Waals surface area contributed by atoms with Crippen molar-refractivity contribution < 1.29 is 4.74 Å². The van der Waals surface area contributed by atoms with Crippen LogP contribution in [0.2, 0.25) is 0 Å². The van der Waals surface area contributed by atoms with Gasteiger partial charge in [-0.2, -0.15) is 0 Å². The van der Waals surface area contributed by atoms with E-state index in [-0.39, 0.29) is 0 Å². The first-order valence-electron chi connectivity index (χ1n) is 7.31. The molecule has 0 bridgehead atoms.